The molecule has 2 atom stereocenters. The third-order valence-electron chi connectivity index (χ3n) is 3.15. The summed E-state index contributed by atoms with van der Waals surface area (Å²) >= 11 is 0. The molecule has 1 heterocycles. The summed E-state index contributed by atoms with van der Waals surface area (Å²) in [7, 11) is 0. The molecule has 0 aliphatic rings. The van der Waals surface area contributed by atoms with Crippen LogP contribution in [-0.4, -0.2) is 11.0 Å². The highest BCUT2D eigenvalue weighted by Crippen LogP contribution is 2.13. The van der Waals surface area contributed by atoms with Crippen LogP contribution >= 0.6 is 0 Å². The second kappa shape index (κ2) is 6.43. The molecule has 2 aromatic rings. The molecule has 0 radical (unpaired) electrons. The van der Waals surface area contributed by atoms with Crippen LogP contribution in [0.3, 0.4) is 0 Å². The summed E-state index contributed by atoms with van der Waals surface area (Å²) in [5.41, 5.74) is 1.75. The van der Waals surface area contributed by atoms with Gasteiger partial charge in [0.05, 0.1) is 5.69 Å². The zero-order valence-corrected chi connectivity index (χ0v) is 11.3. The molecule has 0 amide bonds. The van der Waals surface area contributed by atoms with Gasteiger partial charge in [0.1, 0.15) is 5.82 Å². The van der Waals surface area contributed by atoms with Gasteiger partial charge in [0.25, 0.3) is 0 Å². The van der Waals surface area contributed by atoms with Gasteiger partial charge in [-0.3, -0.25) is 4.98 Å². The lowest BCUT2D eigenvalue weighted by Crippen LogP contribution is -2.31. The monoisotopic (exact) mass is 258 g/mol. The summed E-state index contributed by atoms with van der Waals surface area (Å²) in [4.78, 5) is 4.32. The predicted molar refractivity (Wildman–Crippen MR) is 75.4 cm³/mol. The first-order valence-electron chi connectivity index (χ1n) is 6.57. The van der Waals surface area contributed by atoms with E-state index in [-0.39, 0.29) is 17.9 Å². The number of aromatic nitrogens is 1. The molecule has 0 saturated heterocycles. The zero-order chi connectivity index (χ0) is 13.7. The lowest BCUT2D eigenvalue weighted by molar-refractivity contribution is 0.463. The molecule has 100 valence electrons. The Morgan fingerprint density at radius 2 is 1.84 bits per heavy atom. The molecule has 2 nitrogen and oxygen atoms in total. The number of nitrogens with zero attached hydrogens (tertiary/aromatic N) is 1. The number of hydrogen-bond donors (Lipinski definition) is 1. The fourth-order valence-electron chi connectivity index (χ4n) is 2.20. The molecule has 19 heavy (non-hydrogen) atoms. The highest BCUT2D eigenvalue weighted by molar-refractivity contribution is 5.18. The number of halogens is 1. The predicted octanol–water partition coefficient (Wildman–Crippen LogP) is 3.50. The quantitative estimate of drug-likeness (QED) is 0.887. The van der Waals surface area contributed by atoms with Crippen molar-refractivity contribution in [3.8, 4) is 0 Å². The topological polar surface area (TPSA) is 24.9 Å². The molecule has 1 unspecified atom stereocenters. The van der Waals surface area contributed by atoms with Crippen molar-refractivity contribution in [3.63, 3.8) is 0 Å². The summed E-state index contributed by atoms with van der Waals surface area (Å²) in [6, 6.07) is 13.1. The lowest BCUT2D eigenvalue weighted by atomic mass is 10.1. The van der Waals surface area contributed by atoms with Crippen LogP contribution in [0.5, 0.6) is 0 Å². The van der Waals surface area contributed by atoms with Gasteiger partial charge in [0.15, 0.2) is 0 Å². The fraction of sp³-hybridized carbons (Fsp3) is 0.312. The van der Waals surface area contributed by atoms with Crippen molar-refractivity contribution in [2.24, 2.45) is 0 Å². The van der Waals surface area contributed by atoms with Crippen molar-refractivity contribution in [3.05, 3.63) is 65.7 Å². The summed E-state index contributed by atoms with van der Waals surface area (Å²) in [6.45, 7) is 4.13. The van der Waals surface area contributed by atoms with Crippen LogP contribution in [0.25, 0.3) is 0 Å². The summed E-state index contributed by atoms with van der Waals surface area (Å²) < 4.78 is 13.6. The highest BCUT2D eigenvalue weighted by Gasteiger charge is 2.12. The molecular formula is C16H19FN2. The third-order valence-corrected chi connectivity index (χ3v) is 3.15. The van der Waals surface area contributed by atoms with Crippen molar-refractivity contribution < 1.29 is 4.39 Å². The Labute approximate surface area is 113 Å². The maximum absolute atomic E-state index is 13.6. The second-order valence-electron chi connectivity index (χ2n) is 4.84. The van der Waals surface area contributed by atoms with Gasteiger partial charge in [0, 0.05) is 18.3 Å². The smallest absolute Gasteiger partial charge is 0.126 e. The van der Waals surface area contributed by atoms with Gasteiger partial charge < -0.3 is 5.32 Å². The molecular weight excluding hydrogens is 239 g/mol. The zero-order valence-electron chi connectivity index (χ0n) is 11.3. The minimum absolute atomic E-state index is 0.137. The number of nitrogens with one attached hydrogen (secondary N) is 1. The van der Waals surface area contributed by atoms with E-state index in [4.69, 9.17) is 0 Å². The largest absolute Gasteiger partial charge is 0.306 e. The van der Waals surface area contributed by atoms with Crippen LogP contribution in [0.2, 0.25) is 0 Å². The van der Waals surface area contributed by atoms with Crippen molar-refractivity contribution in [1.82, 2.24) is 10.3 Å². The summed E-state index contributed by atoms with van der Waals surface area (Å²) in [6.07, 6.45) is 2.46. The molecule has 3 heteroatoms. The average molecular weight is 258 g/mol. The minimum atomic E-state index is -0.137. The number of pyridine rings is 1. The molecule has 0 spiro atoms. The fourth-order valence-corrected chi connectivity index (χ4v) is 2.20. The van der Waals surface area contributed by atoms with Gasteiger partial charge in [-0.25, -0.2) is 4.39 Å². The summed E-state index contributed by atoms with van der Waals surface area (Å²) in [5, 5.41) is 3.44. The number of benzene rings is 1. The first kappa shape index (κ1) is 13.7. The van der Waals surface area contributed by atoms with E-state index >= 15 is 0 Å². The normalized spacial score (nSPS) is 14.1. The lowest BCUT2D eigenvalue weighted by Gasteiger charge is -2.20. The molecule has 2 rings (SSSR count). The van der Waals surface area contributed by atoms with Gasteiger partial charge in [-0.05, 0) is 44.0 Å². The van der Waals surface area contributed by atoms with Crippen LogP contribution in [-0.2, 0) is 6.42 Å². The Balaban J connectivity index is 1.95. The number of rotatable bonds is 5. The van der Waals surface area contributed by atoms with E-state index in [1.807, 2.05) is 30.3 Å². The van der Waals surface area contributed by atoms with Gasteiger partial charge in [-0.1, -0.05) is 24.3 Å². The molecule has 0 bridgehead atoms. The molecule has 0 aliphatic carbocycles. The van der Waals surface area contributed by atoms with E-state index in [0.717, 1.165) is 11.3 Å². The SMILES string of the molecule is CC(Cc1ccccc1F)N[C@H](C)c1ccccn1. The van der Waals surface area contributed by atoms with Crippen molar-refractivity contribution >= 4 is 0 Å². The Bertz CT molecular complexity index is 513. The summed E-state index contributed by atoms with van der Waals surface area (Å²) in [5.74, 6) is -0.137. The Morgan fingerprint density at radius 3 is 2.53 bits per heavy atom. The second-order valence-corrected chi connectivity index (χ2v) is 4.84. The van der Waals surface area contributed by atoms with E-state index in [9.17, 15) is 4.39 Å². The third kappa shape index (κ3) is 3.86. The van der Waals surface area contributed by atoms with Gasteiger partial charge in [-0.15, -0.1) is 0 Å². The van der Waals surface area contributed by atoms with E-state index < -0.39 is 0 Å². The van der Waals surface area contributed by atoms with E-state index in [0.29, 0.717) is 6.42 Å². The molecule has 0 saturated carbocycles. The van der Waals surface area contributed by atoms with Gasteiger partial charge in [0.2, 0.25) is 0 Å². The first-order chi connectivity index (χ1) is 9.16. The van der Waals surface area contributed by atoms with Crippen LogP contribution < -0.4 is 5.32 Å². The standard InChI is InChI=1S/C16H19FN2/c1-12(11-14-7-3-4-8-15(14)17)19-13(2)16-9-5-6-10-18-16/h3-10,12-13,19H,11H2,1-2H3/t12?,13-/m1/s1. The maximum Gasteiger partial charge on any atom is 0.126 e. The molecule has 1 aromatic heterocycles. The Kier molecular flexibility index (Phi) is 4.63. The van der Waals surface area contributed by atoms with Crippen molar-refractivity contribution in [1.29, 1.82) is 0 Å². The van der Waals surface area contributed by atoms with Crippen molar-refractivity contribution in [2.45, 2.75) is 32.4 Å². The van der Waals surface area contributed by atoms with Crippen LogP contribution in [0.15, 0.2) is 48.7 Å². The molecule has 1 aromatic carbocycles. The molecule has 1 N–H and O–H groups in total. The van der Waals surface area contributed by atoms with Crippen LogP contribution in [0, 0.1) is 5.82 Å². The Hall–Kier alpha value is -1.74. The maximum atomic E-state index is 13.6. The van der Waals surface area contributed by atoms with Gasteiger partial charge >= 0.3 is 0 Å². The van der Waals surface area contributed by atoms with E-state index in [1.165, 1.54) is 6.07 Å². The molecule has 0 fully saturated rings. The van der Waals surface area contributed by atoms with E-state index in [1.54, 1.807) is 12.3 Å². The average Bonchev–Trinajstić information content (AvgIpc) is 2.42. The number of hydrogen-bond acceptors (Lipinski definition) is 2. The highest BCUT2D eigenvalue weighted by atomic mass is 19.1. The van der Waals surface area contributed by atoms with Crippen molar-refractivity contribution in [2.75, 3.05) is 0 Å². The van der Waals surface area contributed by atoms with Crippen LogP contribution in [0.1, 0.15) is 31.1 Å². The van der Waals surface area contributed by atoms with E-state index in [2.05, 4.69) is 24.1 Å². The Morgan fingerprint density at radius 1 is 1.11 bits per heavy atom. The minimum Gasteiger partial charge on any atom is -0.306 e. The van der Waals surface area contributed by atoms with Gasteiger partial charge in [-0.2, -0.15) is 0 Å². The first-order valence-corrected chi connectivity index (χ1v) is 6.57. The molecule has 0 aliphatic heterocycles. The van der Waals surface area contributed by atoms with Crippen LogP contribution in [0.4, 0.5) is 4.39 Å².